The summed E-state index contributed by atoms with van der Waals surface area (Å²) in [5.74, 6) is -17.6. The number of carbonyl (C=O) groups is 2. The molecule has 0 aliphatic rings. The summed E-state index contributed by atoms with van der Waals surface area (Å²) in [6.07, 6.45) is -7.89. The highest BCUT2D eigenvalue weighted by atomic mass is 19.4. The van der Waals surface area contributed by atoms with Crippen molar-refractivity contribution in [1.29, 1.82) is 0 Å². The lowest BCUT2D eigenvalue weighted by Gasteiger charge is -2.24. The molecular weight excluding hydrogens is 261 g/mol. The fraction of sp³-hybridized carbons (Fsp3) is 0.750. The van der Waals surface area contributed by atoms with Gasteiger partial charge in [0.1, 0.15) is 0 Å². The average Bonchev–Trinajstić information content (AvgIpc) is 2.13. The van der Waals surface area contributed by atoms with E-state index >= 15 is 0 Å². The lowest BCUT2D eigenvalue weighted by atomic mass is 10.00. The van der Waals surface area contributed by atoms with Gasteiger partial charge >= 0.3 is 23.8 Å². The average molecular weight is 268 g/mol. The van der Waals surface area contributed by atoms with Gasteiger partial charge in [0.25, 0.3) is 5.78 Å². The van der Waals surface area contributed by atoms with Gasteiger partial charge in [-0.25, -0.2) is 0 Å². The van der Waals surface area contributed by atoms with Crippen LogP contribution in [-0.4, -0.2) is 29.6 Å². The molecule has 17 heavy (non-hydrogen) atoms. The lowest BCUT2D eigenvalue weighted by Crippen LogP contribution is -2.52. The third-order valence-corrected chi connectivity index (χ3v) is 1.77. The predicted molar refractivity (Wildman–Crippen MR) is 40.9 cm³/mol. The molecule has 0 saturated heterocycles. The number of halogens is 7. The molecule has 0 heterocycles. The van der Waals surface area contributed by atoms with E-state index in [1.54, 1.807) is 0 Å². The first-order chi connectivity index (χ1) is 7.38. The maximum Gasteiger partial charge on any atom is 0.458 e. The van der Waals surface area contributed by atoms with Crippen molar-refractivity contribution in [3.8, 4) is 0 Å². The molecule has 0 unspecified atom stereocenters. The first kappa shape index (κ1) is 15.9. The Bertz CT molecular complexity index is 318. The highest BCUT2D eigenvalue weighted by Crippen LogP contribution is 2.39. The Labute approximate surface area is 90.8 Å². The number of Topliss-reactive ketones (excluding diaryl/α,β-unsaturated/α-hetero) is 2. The molecule has 0 aromatic rings. The van der Waals surface area contributed by atoms with Crippen LogP contribution in [0.15, 0.2) is 0 Å². The van der Waals surface area contributed by atoms with E-state index in [-0.39, 0.29) is 0 Å². The van der Waals surface area contributed by atoms with Crippen LogP contribution in [0.2, 0.25) is 0 Å². The molecule has 9 heteroatoms. The maximum absolute atomic E-state index is 12.7. The molecule has 100 valence electrons. The molecule has 0 aromatic carbocycles. The Morgan fingerprint density at radius 3 is 1.59 bits per heavy atom. The van der Waals surface area contributed by atoms with E-state index in [0.29, 0.717) is 0 Å². The molecule has 2 nitrogen and oxygen atoms in total. The molecule has 0 fully saturated rings. The number of alkyl halides is 7. The minimum atomic E-state index is -5.90. The summed E-state index contributed by atoms with van der Waals surface area (Å²) in [7, 11) is 0. The van der Waals surface area contributed by atoms with Crippen molar-refractivity contribution < 1.29 is 40.3 Å². The van der Waals surface area contributed by atoms with Crippen LogP contribution in [0.25, 0.3) is 0 Å². The first-order valence-electron chi connectivity index (χ1n) is 4.29. The summed E-state index contributed by atoms with van der Waals surface area (Å²) in [4.78, 5) is 20.6. The normalized spacial score (nSPS) is 13.6. The standard InChI is InChI=1S/C8H7F7O2/c1-2-3-6(9,10)7(11,12)4(16)5(17)8(13,14)15/h2-3H2,1H3. The second-order valence-electron chi connectivity index (χ2n) is 3.18. The van der Waals surface area contributed by atoms with Crippen LogP contribution in [0.4, 0.5) is 30.7 Å². The molecule has 0 atom stereocenters. The molecule has 0 spiro atoms. The van der Waals surface area contributed by atoms with Gasteiger partial charge in [-0.1, -0.05) is 13.3 Å². The first-order valence-corrected chi connectivity index (χ1v) is 4.29. The Hall–Kier alpha value is -1.15. The zero-order valence-corrected chi connectivity index (χ0v) is 8.38. The van der Waals surface area contributed by atoms with Gasteiger partial charge in [-0.3, -0.25) is 9.59 Å². The summed E-state index contributed by atoms with van der Waals surface area (Å²) in [5, 5.41) is 0. The Kier molecular flexibility index (Phi) is 4.30. The second-order valence-corrected chi connectivity index (χ2v) is 3.18. The van der Waals surface area contributed by atoms with E-state index in [2.05, 4.69) is 0 Å². The van der Waals surface area contributed by atoms with Crippen molar-refractivity contribution in [3.63, 3.8) is 0 Å². The molecule has 0 N–H and O–H groups in total. The molecule has 0 radical (unpaired) electrons. The molecule has 0 aliphatic heterocycles. The summed E-state index contributed by atoms with van der Waals surface area (Å²) < 4.78 is 85.9. The Morgan fingerprint density at radius 1 is 0.882 bits per heavy atom. The summed E-state index contributed by atoms with van der Waals surface area (Å²) >= 11 is 0. The van der Waals surface area contributed by atoms with E-state index in [0.717, 1.165) is 6.92 Å². The minimum absolute atomic E-state index is 0.490. The van der Waals surface area contributed by atoms with Crippen LogP contribution in [-0.2, 0) is 9.59 Å². The number of ketones is 2. The smallest absolute Gasteiger partial charge is 0.283 e. The highest BCUT2D eigenvalue weighted by molar-refractivity contribution is 6.42. The third-order valence-electron chi connectivity index (χ3n) is 1.77. The van der Waals surface area contributed by atoms with Crippen molar-refractivity contribution in [3.05, 3.63) is 0 Å². The SMILES string of the molecule is CCCC(F)(F)C(F)(F)C(=O)C(=O)C(F)(F)F. The molecule has 0 saturated carbocycles. The number of rotatable bonds is 5. The minimum Gasteiger partial charge on any atom is -0.283 e. The van der Waals surface area contributed by atoms with E-state index in [1.165, 1.54) is 0 Å². The van der Waals surface area contributed by atoms with Gasteiger partial charge in [0.15, 0.2) is 0 Å². The fourth-order valence-electron chi connectivity index (χ4n) is 0.908. The molecule has 0 aromatic heterocycles. The summed E-state index contributed by atoms with van der Waals surface area (Å²) in [6, 6.07) is 0. The Morgan fingerprint density at radius 2 is 1.29 bits per heavy atom. The van der Waals surface area contributed by atoms with Gasteiger partial charge in [-0.2, -0.15) is 30.7 Å². The van der Waals surface area contributed by atoms with Crippen LogP contribution in [0.5, 0.6) is 0 Å². The van der Waals surface area contributed by atoms with Crippen LogP contribution in [0, 0.1) is 0 Å². The van der Waals surface area contributed by atoms with E-state index in [4.69, 9.17) is 0 Å². The number of hydrogen-bond donors (Lipinski definition) is 0. The van der Waals surface area contributed by atoms with E-state index in [9.17, 15) is 40.3 Å². The van der Waals surface area contributed by atoms with Crippen molar-refractivity contribution in [2.45, 2.75) is 37.8 Å². The monoisotopic (exact) mass is 268 g/mol. The third kappa shape index (κ3) is 3.16. The van der Waals surface area contributed by atoms with Gasteiger partial charge in [0.2, 0.25) is 0 Å². The van der Waals surface area contributed by atoms with Crippen molar-refractivity contribution >= 4 is 11.6 Å². The zero-order chi connectivity index (χ0) is 14.1. The summed E-state index contributed by atoms with van der Waals surface area (Å²) in [5.41, 5.74) is 0. The molecule has 0 bridgehead atoms. The predicted octanol–water partition coefficient (Wildman–Crippen LogP) is 2.76. The molecule has 0 rings (SSSR count). The second kappa shape index (κ2) is 4.61. The topological polar surface area (TPSA) is 34.1 Å². The van der Waals surface area contributed by atoms with Gasteiger partial charge in [0.05, 0.1) is 0 Å². The van der Waals surface area contributed by atoms with Gasteiger partial charge in [-0.15, -0.1) is 0 Å². The van der Waals surface area contributed by atoms with Crippen LogP contribution < -0.4 is 0 Å². The van der Waals surface area contributed by atoms with Crippen LogP contribution in [0.3, 0.4) is 0 Å². The molecule has 0 amide bonds. The number of hydrogen-bond acceptors (Lipinski definition) is 2. The van der Waals surface area contributed by atoms with Gasteiger partial charge in [0, 0.05) is 6.42 Å². The van der Waals surface area contributed by atoms with Gasteiger partial charge < -0.3 is 0 Å². The quantitative estimate of drug-likeness (QED) is 0.567. The highest BCUT2D eigenvalue weighted by Gasteiger charge is 2.65. The Balaban J connectivity index is 5.21. The van der Waals surface area contributed by atoms with E-state index in [1.807, 2.05) is 0 Å². The molecule has 0 aliphatic carbocycles. The lowest BCUT2D eigenvalue weighted by molar-refractivity contribution is -0.217. The van der Waals surface area contributed by atoms with E-state index < -0.39 is 42.4 Å². The summed E-state index contributed by atoms with van der Waals surface area (Å²) in [6.45, 7) is 1.07. The molecular formula is C8H7F7O2. The van der Waals surface area contributed by atoms with Crippen LogP contribution in [0.1, 0.15) is 19.8 Å². The fourth-order valence-corrected chi connectivity index (χ4v) is 0.908. The largest absolute Gasteiger partial charge is 0.458 e. The maximum atomic E-state index is 12.7. The van der Waals surface area contributed by atoms with Crippen molar-refractivity contribution in [2.75, 3.05) is 0 Å². The van der Waals surface area contributed by atoms with Crippen molar-refractivity contribution in [2.24, 2.45) is 0 Å². The zero-order valence-electron chi connectivity index (χ0n) is 8.38. The van der Waals surface area contributed by atoms with Crippen LogP contribution >= 0.6 is 0 Å². The van der Waals surface area contributed by atoms with Crippen molar-refractivity contribution in [1.82, 2.24) is 0 Å². The number of carbonyl (C=O) groups excluding carboxylic acids is 2. The van der Waals surface area contributed by atoms with Gasteiger partial charge in [-0.05, 0) is 0 Å².